The van der Waals surface area contributed by atoms with E-state index in [-0.39, 0.29) is 0 Å². The predicted molar refractivity (Wildman–Crippen MR) is 130 cm³/mol. The van der Waals surface area contributed by atoms with Gasteiger partial charge < -0.3 is 9.15 Å². The molecule has 0 amide bonds. The molecule has 1 atom stereocenters. The summed E-state index contributed by atoms with van der Waals surface area (Å²) in [6.07, 6.45) is 0.710. The van der Waals surface area contributed by atoms with Gasteiger partial charge in [0.25, 0.3) is 5.22 Å². The van der Waals surface area contributed by atoms with Gasteiger partial charge in [0.2, 0.25) is 5.89 Å². The van der Waals surface area contributed by atoms with E-state index in [0.29, 0.717) is 29.2 Å². The summed E-state index contributed by atoms with van der Waals surface area (Å²) in [7, 11) is 1.67. The largest absolute Gasteiger partial charge is 0.497 e. The van der Waals surface area contributed by atoms with Gasteiger partial charge >= 0.3 is 0 Å². The number of methoxy groups -OCH3 is 1. The van der Waals surface area contributed by atoms with Gasteiger partial charge in [0.05, 0.1) is 23.9 Å². The second-order valence-corrected chi connectivity index (χ2v) is 8.74. The Labute approximate surface area is 196 Å². The Hall–Kier alpha value is -3.58. The van der Waals surface area contributed by atoms with E-state index >= 15 is 0 Å². The minimum Gasteiger partial charge on any atom is -0.497 e. The molecular weight excluding hydrogens is 432 g/mol. The van der Waals surface area contributed by atoms with Crippen molar-refractivity contribution in [2.75, 3.05) is 7.11 Å². The summed E-state index contributed by atoms with van der Waals surface area (Å²) in [6.45, 7) is 2.17. The zero-order valence-corrected chi connectivity index (χ0v) is 19.3. The Morgan fingerprint density at radius 1 is 0.939 bits per heavy atom. The standard InChI is InChI=1S/C26H24N4O2S/c1-18(19-8-4-3-5-9-19)16-25-28-29-26(32-25)33-17-24-27-22-10-6-7-11-23(22)30(24)20-12-14-21(31-2)15-13-20/h3-15,18H,16-17H2,1-2H3. The van der Waals surface area contributed by atoms with Gasteiger partial charge in [-0.05, 0) is 47.9 Å². The van der Waals surface area contributed by atoms with E-state index in [1.54, 1.807) is 7.11 Å². The molecule has 0 bridgehead atoms. The normalized spacial score (nSPS) is 12.2. The number of para-hydroxylation sites is 2. The molecular formula is C26H24N4O2S. The summed E-state index contributed by atoms with van der Waals surface area (Å²) in [5.41, 5.74) is 4.30. The minimum absolute atomic E-state index is 0.309. The summed E-state index contributed by atoms with van der Waals surface area (Å²) in [5.74, 6) is 3.31. The molecule has 0 radical (unpaired) electrons. The van der Waals surface area contributed by atoms with E-state index in [1.165, 1.54) is 17.3 Å². The third-order valence-electron chi connectivity index (χ3n) is 5.58. The van der Waals surface area contributed by atoms with Crippen molar-refractivity contribution >= 4 is 22.8 Å². The molecule has 5 aromatic rings. The molecule has 2 heterocycles. The van der Waals surface area contributed by atoms with Crippen LogP contribution >= 0.6 is 11.8 Å². The van der Waals surface area contributed by atoms with Crippen LogP contribution in [0.3, 0.4) is 0 Å². The summed E-state index contributed by atoms with van der Waals surface area (Å²) in [4.78, 5) is 4.86. The second kappa shape index (κ2) is 9.50. The smallest absolute Gasteiger partial charge is 0.277 e. The number of hydrogen-bond acceptors (Lipinski definition) is 6. The number of thioether (sulfide) groups is 1. The summed E-state index contributed by atoms with van der Waals surface area (Å²) >= 11 is 1.50. The molecule has 166 valence electrons. The molecule has 33 heavy (non-hydrogen) atoms. The molecule has 0 aliphatic rings. The lowest BCUT2D eigenvalue weighted by atomic mass is 9.98. The van der Waals surface area contributed by atoms with E-state index in [4.69, 9.17) is 14.1 Å². The quantitative estimate of drug-likeness (QED) is 0.265. The van der Waals surface area contributed by atoms with Gasteiger partial charge in [0, 0.05) is 12.1 Å². The third kappa shape index (κ3) is 4.64. The van der Waals surface area contributed by atoms with Crippen LogP contribution in [0.15, 0.2) is 88.5 Å². The zero-order valence-electron chi connectivity index (χ0n) is 18.5. The first-order valence-corrected chi connectivity index (χ1v) is 11.8. The number of fused-ring (bicyclic) bond motifs is 1. The molecule has 0 aliphatic carbocycles. The van der Waals surface area contributed by atoms with E-state index in [0.717, 1.165) is 28.3 Å². The Balaban J connectivity index is 1.35. The number of benzene rings is 3. The highest BCUT2D eigenvalue weighted by molar-refractivity contribution is 7.98. The van der Waals surface area contributed by atoms with Gasteiger partial charge in [0.1, 0.15) is 11.6 Å². The maximum absolute atomic E-state index is 5.93. The molecule has 0 aliphatic heterocycles. The average molecular weight is 457 g/mol. The Bertz CT molecular complexity index is 1350. The fraction of sp³-hybridized carbons (Fsp3) is 0.192. The van der Waals surface area contributed by atoms with Crippen molar-refractivity contribution in [3.63, 3.8) is 0 Å². The Kier molecular flexibility index (Phi) is 6.13. The topological polar surface area (TPSA) is 66.0 Å². The molecule has 5 rings (SSSR count). The van der Waals surface area contributed by atoms with Crippen LogP contribution < -0.4 is 4.74 Å². The number of imidazole rings is 1. The van der Waals surface area contributed by atoms with Crippen LogP contribution in [0.25, 0.3) is 16.7 Å². The van der Waals surface area contributed by atoms with Crippen molar-refractivity contribution in [2.45, 2.75) is 30.2 Å². The molecule has 0 fully saturated rings. The molecule has 0 spiro atoms. The fourth-order valence-corrected chi connectivity index (χ4v) is 4.56. The highest BCUT2D eigenvalue weighted by Crippen LogP contribution is 2.29. The summed E-state index contributed by atoms with van der Waals surface area (Å²) < 4.78 is 13.4. The van der Waals surface area contributed by atoms with Crippen molar-refractivity contribution in [1.29, 1.82) is 0 Å². The highest BCUT2D eigenvalue weighted by atomic mass is 32.2. The zero-order chi connectivity index (χ0) is 22.6. The van der Waals surface area contributed by atoms with Gasteiger partial charge in [-0.25, -0.2) is 4.98 Å². The number of rotatable bonds is 8. The minimum atomic E-state index is 0.309. The van der Waals surface area contributed by atoms with Gasteiger partial charge in [-0.15, -0.1) is 10.2 Å². The van der Waals surface area contributed by atoms with Crippen LogP contribution in [0.2, 0.25) is 0 Å². The summed E-state index contributed by atoms with van der Waals surface area (Å²) in [5, 5.41) is 9.06. The van der Waals surface area contributed by atoms with Crippen molar-refractivity contribution in [3.05, 3.63) is 96.1 Å². The van der Waals surface area contributed by atoms with Crippen LogP contribution in [-0.2, 0) is 12.2 Å². The Morgan fingerprint density at radius 3 is 2.48 bits per heavy atom. The molecule has 0 N–H and O–H groups in total. The van der Waals surface area contributed by atoms with E-state index in [2.05, 4.69) is 52.0 Å². The van der Waals surface area contributed by atoms with Gasteiger partial charge in [-0.3, -0.25) is 4.57 Å². The van der Waals surface area contributed by atoms with E-state index in [9.17, 15) is 0 Å². The van der Waals surface area contributed by atoms with Crippen molar-refractivity contribution in [3.8, 4) is 11.4 Å². The number of aromatic nitrogens is 4. The number of hydrogen-bond donors (Lipinski definition) is 0. The first-order valence-electron chi connectivity index (χ1n) is 10.8. The monoisotopic (exact) mass is 456 g/mol. The van der Waals surface area contributed by atoms with Crippen LogP contribution in [0, 0.1) is 0 Å². The lowest BCUT2D eigenvalue weighted by molar-refractivity contribution is 0.404. The lowest BCUT2D eigenvalue weighted by Gasteiger charge is -2.09. The van der Waals surface area contributed by atoms with E-state index < -0.39 is 0 Å². The molecule has 6 nitrogen and oxygen atoms in total. The fourth-order valence-electron chi connectivity index (χ4n) is 3.86. The molecule has 3 aromatic carbocycles. The first-order chi connectivity index (χ1) is 16.2. The van der Waals surface area contributed by atoms with E-state index in [1.807, 2.05) is 48.5 Å². The van der Waals surface area contributed by atoms with Crippen molar-refractivity contribution in [1.82, 2.24) is 19.7 Å². The number of nitrogens with zero attached hydrogens (tertiary/aromatic N) is 4. The molecule has 7 heteroatoms. The molecule has 1 unspecified atom stereocenters. The van der Waals surface area contributed by atoms with Gasteiger partial charge in [0.15, 0.2) is 0 Å². The lowest BCUT2D eigenvalue weighted by Crippen LogP contribution is -2.00. The number of ether oxygens (including phenoxy) is 1. The van der Waals surface area contributed by atoms with Crippen LogP contribution in [-0.4, -0.2) is 26.9 Å². The van der Waals surface area contributed by atoms with Crippen molar-refractivity contribution < 1.29 is 9.15 Å². The summed E-state index contributed by atoms with van der Waals surface area (Å²) in [6, 6.07) is 26.5. The van der Waals surface area contributed by atoms with Gasteiger partial charge in [-0.1, -0.05) is 61.2 Å². The van der Waals surface area contributed by atoms with Crippen molar-refractivity contribution in [2.24, 2.45) is 0 Å². The maximum atomic E-state index is 5.93. The maximum Gasteiger partial charge on any atom is 0.277 e. The average Bonchev–Trinajstić information content (AvgIpc) is 3.47. The van der Waals surface area contributed by atoms with Crippen LogP contribution in [0.5, 0.6) is 5.75 Å². The molecule has 2 aromatic heterocycles. The van der Waals surface area contributed by atoms with Crippen LogP contribution in [0.1, 0.15) is 30.1 Å². The van der Waals surface area contributed by atoms with Gasteiger partial charge in [-0.2, -0.15) is 0 Å². The SMILES string of the molecule is COc1ccc(-n2c(CSc3nnc(CC(C)c4ccccc4)o3)nc3ccccc32)cc1. The first kappa shape index (κ1) is 21.3. The second-order valence-electron chi connectivity index (χ2n) is 7.82. The molecule has 0 saturated carbocycles. The third-order valence-corrected chi connectivity index (χ3v) is 6.40. The Morgan fingerprint density at radius 2 is 1.70 bits per heavy atom. The van der Waals surface area contributed by atoms with Crippen LogP contribution in [0.4, 0.5) is 0 Å². The highest BCUT2D eigenvalue weighted by Gasteiger charge is 2.16. The molecule has 0 saturated heterocycles. The predicted octanol–water partition coefficient (Wildman–Crippen LogP) is 6.06.